The molecule has 2 N–H and O–H groups in total. The van der Waals surface area contributed by atoms with Gasteiger partial charge in [0.25, 0.3) is 10.0 Å². The number of halogens is 1. The maximum atomic E-state index is 12.0. The van der Waals surface area contributed by atoms with Crippen LogP contribution in [0, 0.1) is 6.92 Å². The highest BCUT2D eigenvalue weighted by Crippen LogP contribution is 2.18. The normalized spacial score (nSPS) is 11.3. The van der Waals surface area contributed by atoms with Crippen LogP contribution >= 0.6 is 15.9 Å². The number of sulfonamides is 1. The van der Waals surface area contributed by atoms with Crippen molar-refractivity contribution in [2.75, 3.05) is 4.72 Å². The Kier molecular flexibility index (Phi) is 3.72. The molecular formula is C11H10BrN3O3S. The molecule has 0 saturated carbocycles. The monoisotopic (exact) mass is 343 g/mol. The Bertz CT molecular complexity index is 771. The van der Waals surface area contributed by atoms with Crippen LogP contribution in [-0.4, -0.2) is 18.4 Å². The molecule has 0 aliphatic carbocycles. The summed E-state index contributed by atoms with van der Waals surface area (Å²) in [5.74, 6) is 0. The lowest BCUT2D eigenvalue weighted by molar-refractivity contribution is 0.600. The van der Waals surface area contributed by atoms with Gasteiger partial charge in [0.2, 0.25) is 5.43 Å². The summed E-state index contributed by atoms with van der Waals surface area (Å²) in [4.78, 5) is 17.7. The average molecular weight is 344 g/mol. The molecule has 0 aromatic carbocycles. The molecule has 8 heteroatoms. The molecule has 0 bridgehead atoms. The Morgan fingerprint density at radius 2 is 2.16 bits per heavy atom. The van der Waals surface area contributed by atoms with Crippen molar-refractivity contribution >= 4 is 31.6 Å². The number of nitrogens with one attached hydrogen (secondary N) is 2. The fourth-order valence-electron chi connectivity index (χ4n) is 1.43. The van der Waals surface area contributed by atoms with E-state index in [0.29, 0.717) is 10.3 Å². The van der Waals surface area contributed by atoms with Gasteiger partial charge in [-0.15, -0.1) is 0 Å². The van der Waals surface area contributed by atoms with E-state index in [4.69, 9.17) is 0 Å². The van der Waals surface area contributed by atoms with Gasteiger partial charge in [-0.3, -0.25) is 9.52 Å². The van der Waals surface area contributed by atoms with Crippen LogP contribution in [0.5, 0.6) is 0 Å². The predicted molar refractivity (Wildman–Crippen MR) is 74.5 cm³/mol. The molecule has 0 unspecified atom stereocenters. The van der Waals surface area contributed by atoms with Crippen molar-refractivity contribution in [1.29, 1.82) is 0 Å². The van der Waals surface area contributed by atoms with E-state index >= 15 is 0 Å². The van der Waals surface area contributed by atoms with Gasteiger partial charge in [-0.1, -0.05) is 0 Å². The summed E-state index contributed by atoms with van der Waals surface area (Å²) in [5, 5.41) is 0. The first-order valence-corrected chi connectivity index (χ1v) is 7.50. The first kappa shape index (κ1) is 13.8. The van der Waals surface area contributed by atoms with Crippen molar-refractivity contribution in [3.05, 3.63) is 51.1 Å². The molecule has 6 nitrogen and oxygen atoms in total. The van der Waals surface area contributed by atoms with Crippen LogP contribution in [-0.2, 0) is 10.0 Å². The van der Waals surface area contributed by atoms with Gasteiger partial charge in [-0.25, -0.2) is 13.4 Å². The fraction of sp³-hybridized carbons (Fsp3) is 0.0909. The molecule has 0 atom stereocenters. The van der Waals surface area contributed by atoms with Gasteiger partial charge in [-0.05, 0) is 34.5 Å². The first-order chi connectivity index (χ1) is 8.90. The van der Waals surface area contributed by atoms with Crippen molar-refractivity contribution in [3.63, 3.8) is 0 Å². The summed E-state index contributed by atoms with van der Waals surface area (Å²) >= 11 is 3.22. The van der Waals surface area contributed by atoms with Crippen LogP contribution in [0.4, 0.5) is 5.69 Å². The van der Waals surface area contributed by atoms with Crippen molar-refractivity contribution in [2.45, 2.75) is 11.8 Å². The highest BCUT2D eigenvalue weighted by Gasteiger charge is 2.18. The predicted octanol–water partition coefficient (Wildman–Crippen LogP) is 1.64. The summed E-state index contributed by atoms with van der Waals surface area (Å²) in [6, 6.07) is 2.77. The third-order valence-electron chi connectivity index (χ3n) is 2.34. The number of rotatable bonds is 3. The maximum Gasteiger partial charge on any atom is 0.267 e. The molecule has 0 aliphatic rings. The molecule has 0 saturated heterocycles. The summed E-state index contributed by atoms with van der Waals surface area (Å²) in [7, 11) is -3.92. The summed E-state index contributed by atoms with van der Waals surface area (Å²) < 4.78 is 27.0. The molecule has 2 heterocycles. The number of H-pyrrole nitrogens is 1. The van der Waals surface area contributed by atoms with Crippen LogP contribution < -0.4 is 10.2 Å². The number of nitrogens with zero attached hydrogens (tertiary/aromatic N) is 1. The van der Waals surface area contributed by atoms with E-state index in [1.54, 1.807) is 13.0 Å². The fourth-order valence-corrected chi connectivity index (χ4v) is 2.74. The molecule has 2 aromatic rings. The highest BCUT2D eigenvalue weighted by atomic mass is 79.9. The van der Waals surface area contributed by atoms with Crippen LogP contribution in [0.15, 0.2) is 45.0 Å². The topological polar surface area (TPSA) is 91.9 Å². The van der Waals surface area contributed by atoms with Crippen LogP contribution in [0.2, 0.25) is 0 Å². The van der Waals surface area contributed by atoms with Gasteiger partial charge in [0.1, 0.15) is 4.60 Å². The third-order valence-corrected chi connectivity index (χ3v) is 4.58. The van der Waals surface area contributed by atoms with E-state index in [2.05, 4.69) is 30.6 Å². The molecule has 0 fully saturated rings. The van der Waals surface area contributed by atoms with E-state index in [-0.39, 0.29) is 4.90 Å². The SMILES string of the molecule is Cc1cc(NS(=O)(=O)c2c[nH]ccc2=O)cnc1Br. The van der Waals surface area contributed by atoms with Crippen molar-refractivity contribution in [1.82, 2.24) is 9.97 Å². The number of aromatic nitrogens is 2. The Labute approximate surface area is 118 Å². The minimum atomic E-state index is -3.92. The Morgan fingerprint density at radius 3 is 2.79 bits per heavy atom. The second-order valence-corrected chi connectivity index (χ2v) is 6.21. The minimum Gasteiger partial charge on any atom is -0.366 e. The quantitative estimate of drug-likeness (QED) is 0.828. The number of pyridine rings is 2. The van der Waals surface area contributed by atoms with Crippen molar-refractivity contribution in [3.8, 4) is 0 Å². The zero-order valence-electron chi connectivity index (χ0n) is 9.84. The van der Waals surface area contributed by atoms with E-state index in [1.807, 2.05) is 0 Å². The Balaban J connectivity index is 2.40. The van der Waals surface area contributed by atoms with Crippen molar-refractivity contribution < 1.29 is 8.42 Å². The van der Waals surface area contributed by atoms with Gasteiger partial charge in [-0.2, -0.15) is 0 Å². The van der Waals surface area contributed by atoms with Crippen LogP contribution in [0.1, 0.15) is 5.56 Å². The van der Waals surface area contributed by atoms with Gasteiger partial charge in [0, 0.05) is 18.5 Å². The number of hydrogen-bond acceptors (Lipinski definition) is 4. The van der Waals surface area contributed by atoms with E-state index in [0.717, 1.165) is 17.8 Å². The highest BCUT2D eigenvalue weighted by molar-refractivity contribution is 9.10. The molecular weight excluding hydrogens is 334 g/mol. The molecule has 2 rings (SSSR count). The molecule has 100 valence electrons. The average Bonchev–Trinajstić information content (AvgIpc) is 2.34. The number of aromatic amines is 1. The molecule has 0 aliphatic heterocycles. The molecule has 0 spiro atoms. The van der Waals surface area contributed by atoms with Crippen LogP contribution in [0.3, 0.4) is 0 Å². The van der Waals surface area contributed by atoms with Gasteiger partial charge in [0.15, 0.2) is 4.90 Å². The van der Waals surface area contributed by atoms with Gasteiger partial charge < -0.3 is 4.98 Å². The molecule has 0 amide bonds. The summed E-state index contributed by atoms with van der Waals surface area (Å²) in [6.45, 7) is 1.78. The number of anilines is 1. The lowest BCUT2D eigenvalue weighted by Gasteiger charge is -2.08. The third kappa shape index (κ3) is 3.02. The molecule has 2 aromatic heterocycles. The zero-order chi connectivity index (χ0) is 14.0. The summed E-state index contributed by atoms with van der Waals surface area (Å²) in [5.41, 5.74) is 0.499. The smallest absolute Gasteiger partial charge is 0.267 e. The minimum absolute atomic E-state index is 0.295. The standard InChI is InChI=1S/C11H10BrN3O3S/c1-7-4-8(5-14-11(7)12)15-19(17,18)10-6-13-3-2-9(10)16/h2-6,15H,1H3,(H,13,16). The molecule has 19 heavy (non-hydrogen) atoms. The second-order valence-electron chi connectivity index (χ2n) is 3.81. The number of hydrogen-bond donors (Lipinski definition) is 2. The second kappa shape index (κ2) is 5.14. The van der Waals surface area contributed by atoms with E-state index in [1.165, 1.54) is 12.4 Å². The summed E-state index contributed by atoms with van der Waals surface area (Å²) in [6.07, 6.45) is 3.88. The van der Waals surface area contributed by atoms with Crippen LogP contribution in [0.25, 0.3) is 0 Å². The lowest BCUT2D eigenvalue weighted by Crippen LogP contribution is -2.21. The number of aryl methyl sites for hydroxylation is 1. The molecule has 0 radical (unpaired) electrons. The largest absolute Gasteiger partial charge is 0.366 e. The lowest BCUT2D eigenvalue weighted by atomic mass is 10.3. The van der Waals surface area contributed by atoms with Gasteiger partial charge in [0.05, 0.1) is 11.9 Å². The maximum absolute atomic E-state index is 12.0. The van der Waals surface area contributed by atoms with Gasteiger partial charge >= 0.3 is 0 Å². The Hall–Kier alpha value is -1.67. The first-order valence-electron chi connectivity index (χ1n) is 5.22. The van der Waals surface area contributed by atoms with E-state index in [9.17, 15) is 13.2 Å². The Morgan fingerprint density at radius 1 is 1.42 bits per heavy atom. The van der Waals surface area contributed by atoms with Crippen molar-refractivity contribution in [2.24, 2.45) is 0 Å². The van der Waals surface area contributed by atoms with E-state index < -0.39 is 15.5 Å². The zero-order valence-corrected chi connectivity index (χ0v) is 12.2.